The first kappa shape index (κ1) is 12.7. The summed E-state index contributed by atoms with van der Waals surface area (Å²) in [5, 5.41) is 0. The van der Waals surface area contributed by atoms with Crippen LogP contribution in [0, 0.1) is 5.92 Å². The molecular weight excluding hydrogens is 182 g/mol. The minimum atomic E-state index is 1.02. The molecule has 0 aromatic rings. The van der Waals surface area contributed by atoms with Crippen molar-refractivity contribution < 1.29 is 0 Å². The summed E-state index contributed by atoms with van der Waals surface area (Å²) in [6.45, 7) is 5.40. The molecule has 0 aliphatic heterocycles. The maximum atomic E-state index is 4.53. The Morgan fingerprint density at radius 2 is 1.93 bits per heavy atom. The average Bonchev–Trinajstić information content (AvgIpc) is 2.74. The first-order valence-electron chi connectivity index (χ1n) is 6.83. The van der Waals surface area contributed by atoms with E-state index in [4.69, 9.17) is 0 Å². The first-order chi connectivity index (χ1) is 7.33. The van der Waals surface area contributed by atoms with Crippen LogP contribution in [0.5, 0.6) is 0 Å². The van der Waals surface area contributed by atoms with E-state index in [1.54, 1.807) is 0 Å². The van der Waals surface area contributed by atoms with E-state index in [1.165, 1.54) is 63.5 Å². The number of nitrogens with zero attached hydrogens (tertiary/aromatic N) is 1. The summed E-state index contributed by atoms with van der Waals surface area (Å²) >= 11 is 0. The fourth-order valence-corrected chi connectivity index (χ4v) is 2.49. The third kappa shape index (κ3) is 5.96. The summed E-state index contributed by atoms with van der Waals surface area (Å²) < 4.78 is 0. The molecule has 0 aromatic carbocycles. The summed E-state index contributed by atoms with van der Waals surface area (Å²) in [6, 6.07) is 0. The molecule has 15 heavy (non-hydrogen) atoms. The summed E-state index contributed by atoms with van der Waals surface area (Å²) in [5.74, 6) is 1.07. The number of hydrogen-bond donors (Lipinski definition) is 0. The van der Waals surface area contributed by atoms with Crippen molar-refractivity contribution >= 4 is 5.71 Å². The van der Waals surface area contributed by atoms with Crippen molar-refractivity contribution in [2.24, 2.45) is 10.9 Å². The van der Waals surface area contributed by atoms with E-state index in [0.717, 1.165) is 12.5 Å². The number of unbranched alkanes of at least 4 members (excludes halogenated alkanes) is 1. The van der Waals surface area contributed by atoms with Gasteiger partial charge < -0.3 is 0 Å². The highest BCUT2D eigenvalue weighted by Gasteiger charge is 2.13. The third-order valence-corrected chi connectivity index (χ3v) is 3.48. The minimum absolute atomic E-state index is 1.02. The zero-order valence-corrected chi connectivity index (χ0v) is 10.6. The van der Waals surface area contributed by atoms with Crippen molar-refractivity contribution in [2.45, 2.75) is 71.6 Å². The maximum Gasteiger partial charge on any atom is 0.0385 e. The molecule has 0 atom stereocenters. The summed E-state index contributed by atoms with van der Waals surface area (Å²) in [7, 11) is 0. The molecule has 88 valence electrons. The molecular formula is C14H27N. The van der Waals surface area contributed by atoms with Gasteiger partial charge in [-0.05, 0) is 32.1 Å². The van der Waals surface area contributed by atoms with Gasteiger partial charge in [-0.2, -0.15) is 0 Å². The quantitative estimate of drug-likeness (QED) is 0.429. The van der Waals surface area contributed by atoms with Crippen molar-refractivity contribution in [1.82, 2.24) is 0 Å². The van der Waals surface area contributed by atoms with E-state index in [2.05, 4.69) is 18.8 Å². The number of hydrogen-bond acceptors (Lipinski definition) is 1. The highest BCUT2D eigenvalue weighted by atomic mass is 14.7. The molecule has 0 heterocycles. The van der Waals surface area contributed by atoms with Gasteiger partial charge in [-0.15, -0.1) is 0 Å². The summed E-state index contributed by atoms with van der Waals surface area (Å²) in [5.41, 5.74) is 1.36. The molecule has 0 N–H and O–H groups in total. The second-order valence-electron chi connectivity index (χ2n) is 5.01. The van der Waals surface area contributed by atoms with Gasteiger partial charge in [-0.3, -0.25) is 4.99 Å². The van der Waals surface area contributed by atoms with Gasteiger partial charge in [0.1, 0.15) is 0 Å². The SMILES string of the molecule is CCC/N=C(/C)CCCCC1CCCC1. The Balaban J connectivity index is 1.95. The lowest BCUT2D eigenvalue weighted by Crippen LogP contribution is -1.96. The summed E-state index contributed by atoms with van der Waals surface area (Å²) in [6.07, 6.45) is 12.6. The minimum Gasteiger partial charge on any atom is -0.294 e. The van der Waals surface area contributed by atoms with Crippen LogP contribution in [0.25, 0.3) is 0 Å². The van der Waals surface area contributed by atoms with E-state index >= 15 is 0 Å². The Hall–Kier alpha value is -0.330. The predicted molar refractivity (Wildman–Crippen MR) is 68.7 cm³/mol. The van der Waals surface area contributed by atoms with Crippen LogP contribution < -0.4 is 0 Å². The lowest BCUT2D eigenvalue weighted by Gasteiger charge is -2.07. The van der Waals surface area contributed by atoms with Gasteiger partial charge in [0.05, 0.1) is 0 Å². The largest absolute Gasteiger partial charge is 0.294 e. The zero-order chi connectivity index (χ0) is 10.9. The van der Waals surface area contributed by atoms with E-state index in [1.807, 2.05) is 0 Å². The fraction of sp³-hybridized carbons (Fsp3) is 0.929. The van der Waals surface area contributed by atoms with E-state index < -0.39 is 0 Å². The molecule has 1 fully saturated rings. The molecule has 1 saturated carbocycles. The number of aliphatic imine (C=N–C) groups is 1. The molecule has 0 bridgehead atoms. The maximum absolute atomic E-state index is 4.53. The van der Waals surface area contributed by atoms with Crippen LogP contribution >= 0.6 is 0 Å². The van der Waals surface area contributed by atoms with Crippen molar-refractivity contribution in [2.75, 3.05) is 6.54 Å². The lowest BCUT2D eigenvalue weighted by atomic mass is 9.99. The number of rotatable bonds is 7. The monoisotopic (exact) mass is 209 g/mol. The fourth-order valence-electron chi connectivity index (χ4n) is 2.49. The first-order valence-corrected chi connectivity index (χ1v) is 6.83. The molecule has 0 saturated heterocycles. The van der Waals surface area contributed by atoms with Crippen molar-refractivity contribution in [3.63, 3.8) is 0 Å². The van der Waals surface area contributed by atoms with Gasteiger partial charge in [-0.1, -0.05) is 45.4 Å². The van der Waals surface area contributed by atoms with Crippen molar-refractivity contribution in [3.05, 3.63) is 0 Å². The van der Waals surface area contributed by atoms with E-state index in [0.29, 0.717) is 0 Å². The lowest BCUT2D eigenvalue weighted by molar-refractivity contribution is 0.476. The molecule has 1 nitrogen and oxygen atoms in total. The molecule has 0 radical (unpaired) electrons. The van der Waals surface area contributed by atoms with Crippen molar-refractivity contribution in [3.8, 4) is 0 Å². The third-order valence-electron chi connectivity index (χ3n) is 3.48. The molecule has 1 aliphatic rings. The molecule has 0 spiro atoms. The highest BCUT2D eigenvalue weighted by molar-refractivity contribution is 5.81. The molecule has 1 heteroatoms. The van der Waals surface area contributed by atoms with Gasteiger partial charge >= 0.3 is 0 Å². The zero-order valence-electron chi connectivity index (χ0n) is 10.6. The average molecular weight is 209 g/mol. The van der Waals surface area contributed by atoms with Gasteiger partial charge in [-0.25, -0.2) is 0 Å². The van der Waals surface area contributed by atoms with Gasteiger partial charge in [0.2, 0.25) is 0 Å². The Kier molecular flexibility index (Phi) is 6.71. The Morgan fingerprint density at radius 1 is 1.20 bits per heavy atom. The van der Waals surface area contributed by atoms with Crippen LogP contribution in [0.3, 0.4) is 0 Å². The smallest absolute Gasteiger partial charge is 0.0385 e. The van der Waals surface area contributed by atoms with Gasteiger partial charge in [0, 0.05) is 12.3 Å². The molecule has 0 aromatic heterocycles. The van der Waals surface area contributed by atoms with Gasteiger partial charge in [0.15, 0.2) is 0 Å². The molecule has 1 aliphatic carbocycles. The molecule has 1 rings (SSSR count). The van der Waals surface area contributed by atoms with E-state index in [-0.39, 0.29) is 0 Å². The van der Waals surface area contributed by atoms with Crippen LogP contribution in [-0.2, 0) is 0 Å². The standard InChI is InChI=1S/C14H27N/c1-3-12-15-13(2)8-4-5-9-14-10-6-7-11-14/h14H,3-12H2,1-2H3/b15-13-. The van der Waals surface area contributed by atoms with Crippen LogP contribution in [0.4, 0.5) is 0 Å². The second kappa shape index (κ2) is 7.90. The Morgan fingerprint density at radius 3 is 2.60 bits per heavy atom. The van der Waals surface area contributed by atoms with Gasteiger partial charge in [0.25, 0.3) is 0 Å². The topological polar surface area (TPSA) is 12.4 Å². The Bertz CT molecular complexity index is 178. The predicted octanol–water partition coefficient (Wildman–Crippen LogP) is 4.61. The van der Waals surface area contributed by atoms with Crippen LogP contribution in [0.2, 0.25) is 0 Å². The second-order valence-corrected chi connectivity index (χ2v) is 5.01. The van der Waals surface area contributed by atoms with Crippen LogP contribution in [0.15, 0.2) is 4.99 Å². The normalized spacial score (nSPS) is 18.7. The summed E-state index contributed by atoms with van der Waals surface area (Å²) in [4.78, 5) is 4.53. The van der Waals surface area contributed by atoms with Crippen LogP contribution in [-0.4, -0.2) is 12.3 Å². The molecule has 0 unspecified atom stereocenters. The Labute approximate surface area is 95.4 Å². The van der Waals surface area contributed by atoms with Crippen molar-refractivity contribution in [1.29, 1.82) is 0 Å². The van der Waals surface area contributed by atoms with E-state index in [9.17, 15) is 0 Å². The highest BCUT2D eigenvalue weighted by Crippen LogP contribution is 2.29. The molecule has 0 amide bonds. The van der Waals surface area contributed by atoms with Crippen LogP contribution in [0.1, 0.15) is 71.6 Å².